The van der Waals surface area contributed by atoms with Crippen molar-refractivity contribution in [1.29, 1.82) is 0 Å². The minimum atomic E-state index is -0.304. The fraction of sp³-hybridized carbons (Fsp3) is 0.526. The molecule has 0 amide bonds. The highest BCUT2D eigenvalue weighted by Gasteiger charge is 2.38. The van der Waals surface area contributed by atoms with Crippen molar-refractivity contribution in [3.8, 4) is 11.5 Å². The first-order chi connectivity index (χ1) is 11.9. The molecule has 2 rings (SSSR count). The van der Waals surface area contributed by atoms with E-state index in [9.17, 15) is 4.79 Å². The van der Waals surface area contributed by atoms with Gasteiger partial charge in [-0.25, -0.2) is 4.79 Å². The summed E-state index contributed by atoms with van der Waals surface area (Å²) in [4.78, 5) is 12.3. The van der Waals surface area contributed by atoms with Crippen molar-refractivity contribution in [3.05, 3.63) is 29.3 Å². The van der Waals surface area contributed by atoms with Crippen LogP contribution in [0, 0.1) is 5.41 Å². The van der Waals surface area contributed by atoms with Crippen LogP contribution in [0.2, 0.25) is 0 Å². The largest absolute Gasteiger partial charge is 0.468 e. The van der Waals surface area contributed by atoms with E-state index in [4.69, 9.17) is 23.7 Å². The van der Waals surface area contributed by atoms with Gasteiger partial charge in [-0.15, -0.1) is 0 Å². The number of methoxy groups -OCH3 is 3. The number of hydrogen-bond donors (Lipinski definition) is 0. The lowest BCUT2D eigenvalue weighted by atomic mass is 9.81. The van der Waals surface area contributed by atoms with Crippen molar-refractivity contribution in [2.24, 2.45) is 5.41 Å². The van der Waals surface area contributed by atoms with Gasteiger partial charge in [0.15, 0.2) is 13.6 Å². The lowest BCUT2D eigenvalue weighted by Gasteiger charge is -2.25. The van der Waals surface area contributed by atoms with E-state index in [1.807, 2.05) is 12.1 Å². The highest BCUT2D eigenvalue weighted by Crippen LogP contribution is 2.51. The van der Waals surface area contributed by atoms with Gasteiger partial charge < -0.3 is 23.7 Å². The van der Waals surface area contributed by atoms with E-state index in [2.05, 4.69) is 13.8 Å². The maximum absolute atomic E-state index is 12.3. The predicted molar refractivity (Wildman–Crippen MR) is 93.4 cm³/mol. The minimum Gasteiger partial charge on any atom is -0.468 e. The molecule has 138 valence electrons. The van der Waals surface area contributed by atoms with Crippen molar-refractivity contribution in [2.45, 2.75) is 26.7 Å². The Morgan fingerprint density at radius 1 is 1.08 bits per heavy atom. The van der Waals surface area contributed by atoms with Crippen LogP contribution in [0.1, 0.15) is 32.3 Å². The van der Waals surface area contributed by atoms with Gasteiger partial charge in [-0.1, -0.05) is 13.8 Å². The molecule has 6 heteroatoms. The van der Waals surface area contributed by atoms with Crippen LogP contribution in [0.25, 0.3) is 5.57 Å². The number of ether oxygens (including phenoxy) is 5. The number of carbonyl (C=O) groups excluding carboxylic acids is 1. The average molecular weight is 350 g/mol. The van der Waals surface area contributed by atoms with Gasteiger partial charge in [0.25, 0.3) is 0 Å². The summed E-state index contributed by atoms with van der Waals surface area (Å²) in [7, 11) is 4.53. The Morgan fingerprint density at radius 2 is 1.76 bits per heavy atom. The number of rotatable bonds is 8. The van der Waals surface area contributed by atoms with Crippen LogP contribution >= 0.6 is 0 Å². The molecule has 0 fully saturated rings. The number of esters is 1. The Morgan fingerprint density at radius 3 is 2.40 bits per heavy atom. The molecule has 0 spiro atoms. The standard InChI is InChI=1S/C19H26O6/c1-19(2)9-8-14(18(20)23-5)17(19)15-10-13(24-11-21-3)6-7-16(15)25-12-22-4/h6-7,10H,8-9,11-12H2,1-5H3. The summed E-state index contributed by atoms with van der Waals surface area (Å²) >= 11 is 0. The van der Waals surface area contributed by atoms with E-state index in [1.165, 1.54) is 7.11 Å². The second kappa shape index (κ2) is 8.36. The van der Waals surface area contributed by atoms with Crippen LogP contribution in [0.5, 0.6) is 11.5 Å². The van der Waals surface area contributed by atoms with Crippen molar-refractivity contribution in [3.63, 3.8) is 0 Å². The molecule has 1 aromatic carbocycles. The maximum Gasteiger partial charge on any atom is 0.334 e. The summed E-state index contributed by atoms with van der Waals surface area (Å²) in [6, 6.07) is 5.48. The van der Waals surface area contributed by atoms with Gasteiger partial charge >= 0.3 is 5.97 Å². The fourth-order valence-electron chi connectivity index (χ4n) is 3.12. The van der Waals surface area contributed by atoms with Gasteiger partial charge in [0.05, 0.1) is 7.11 Å². The first-order valence-electron chi connectivity index (χ1n) is 8.14. The van der Waals surface area contributed by atoms with E-state index in [0.29, 0.717) is 23.5 Å². The molecule has 0 aliphatic heterocycles. The zero-order chi connectivity index (χ0) is 18.4. The lowest BCUT2D eigenvalue weighted by molar-refractivity contribution is -0.136. The quantitative estimate of drug-likeness (QED) is 0.529. The molecule has 0 atom stereocenters. The number of benzene rings is 1. The van der Waals surface area contributed by atoms with Gasteiger partial charge in [-0.3, -0.25) is 0 Å². The molecule has 0 unspecified atom stereocenters. The topological polar surface area (TPSA) is 63.2 Å². The smallest absolute Gasteiger partial charge is 0.334 e. The Bertz CT molecular complexity index is 647. The third kappa shape index (κ3) is 4.32. The average Bonchev–Trinajstić information content (AvgIpc) is 2.92. The molecule has 0 saturated carbocycles. The Balaban J connectivity index is 2.56. The number of hydrogen-bond acceptors (Lipinski definition) is 6. The molecule has 1 aliphatic rings. The molecule has 25 heavy (non-hydrogen) atoms. The van der Waals surface area contributed by atoms with E-state index in [0.717, 1.165) is 17.6 Å². The van der Waals surface area contributed by atoms with Gasteiger partial charge in [0.2, 0.25) is 0 Å². The molecular formula is C19H26O6. The SMILES string of the molecule is COCOc1ccc(OCOC)c(C2=C(C(=O)OC)CCC2(C)C)c1. The molecule has 6 nitrogen and oxygen atoms in total. The van der Waals surface area contributed by atoms with Crippen molar-refractivity contribution in [1.82, 2.24) is 0 Å². The van der Waals surface area contributed by atoms with Crippen LogP contribution in [0.3, 0.4) is 0 Å². The highest BCUT2D eigenvalue weighted by molar-refractivity contribution is 6.00. The van der Waals surface area contributed by atoms with Crippen molar-refractivity contribution >= 4 is 11.5 Å². The van der Waals surface area contributed by atoms with Gasteiger partial charge in [-0.2, -0.15) is 0 Å². The minimum absolute atomic E-state index is 0.118. The van der Waals surface area contributed by atoms with Crippen LogP contribution in [-0.4, -0.2) is 40.9 Å². The zero-order valence-corrected chi connectivity index (χ0v) is 15.5. The Hall–Kier alpha value is -2.05. The fourth-order valence-corrected chi connectivity index (χ4v) is 3.12. The number of allylic oxidation sites excluding steroid dienone is 1. The first kappa shape index (κ1) is 19.3. The molecular weight excluding hydrogens is 324 g/mol. The summed E-state index contributed by atoms with van der Waals surface area (Å²) in [6.45, 7) is 4.48. The van der Waals surface area contributed by atoms with E-state index in [-0.39, 0.29) is 25.0 Å². The molecule has 0 bridgehead atoms. The highest BCUT2D eigenvalue weighted by atomic mass is 16.7. The summed E-state index contributed by atoms with van der Waals surface area (Å²) in [5.41, 5.74) is 2.23. The Kier molecular flexibility index (Phi) is 6.45. The van der Waals surface area contributed by atoms with Gasteiger partial charge in [-0.05, 0) is 42.0 Å². The van der Waals surface area contributed by atoms with E-state index >= 15 is 0 Å². The monoisotopic (exact) mass is 350 g/mol. The van der Waals surface area contributed by atoms with E-state index < -0.39 is 0 Å². The molecule has 1 aliphatic carbocycles. The van der Waals surface area contributed by atoms with Crippen molar-refractivity contribution < 1.29 is 28.5 Å². The van der Waals surface area contributed by atoms with Crippen molar-refractivity contribution in [2.75, 3.05) is 34.9 Å². The predicted octanol–water partition coefficient (Wildman–Crippen LogP) is 3.40. The van der Waals surface area contributed by atoms with E-state index in [1.54, 1.807) is 20.3 Å². The van der Waals surface area contributed by atoms with Gasteiger partial charge in [0, 0.05) is 25.4 Å². The summed E-state index contributed by atoms with van der Waals surface area (Å²) in [5.74, 6) is 0.973. The van der Waals surface area contributed by atoms with Gasteiger partial charge in [0.1, 0.15) is 11.5 Å². The van der Waals surface area contributed by atoms with Crippen LogP contribution < -0.4 is 9.47 Å². The second-order valence-electron chi connectivity index (χ2n) is 6.49. The molecule has 0 aromatic heterocycles. The molecule has 1 aromatic rings. The maximum atomic E-state index is 12.3. The van der Waals surface area contributed by atoms with Crippen LogP contribution in [0.15, 0.2) is 23.8 Å². The first-order valence-corrected chi connectivity index (χ1v) is 8.14. The normalized spacial score (nSPS) is 16.0. The molecule has 0 N–H and O–H groups in total. The third-order valence-electron chi connectivity index (χ3n) is 4.31. The molecule has 0 radical (unpaired) electrons. The van der Waals surface area contributed by atoms with Crippen LogP contribution in [-0.2, 0) is 19.0 Å². The van der Waals surface area contributed by atoms with Crippen LogP contribution in [0.4, 0.5) is 0 Å². The lowest BCUT2D eigenvalue weighted by Crippen LogP contribution is -2.13. The second-order valence-corrected chi connectivity index (χ2v) is 6.49. The summed E-state index contributed by atoms with van der Waals surface area (Å²) < 4.78 is 26.2. The summed E-state index contributed by atoms with van der Waals surface area (Å²) in [6.07, 6.45) is 1.53. The Labute approximate surface area is 148 Å². The third-order valence-corrected chi connectivity index (χ3v) is 4.31. The number of carbonyl (C=O) groups is 1. The molecule has 0 heterocycles. The molecule has 0 saturated heterocycles. The zero-order valence-electron chi connectivity index (χ0n) is 15.5. The summed E-state index contributed by atoms with van der Waals surface area (Å²) in [5, 5.41) is 0.